The molecule has 0 atom stereocenters. The van der Waals surface area contributed by atoms with Crippen LogP contribution in [0.4, 0.5) is 5.88 Å². The molecular formula is C13H8Br2N2OS. The van der Waals surface area contributed by atoms with E-state index in [1.54, 1.807) is 11.3 Å². The number of hydrogen-bond acceptors (Lipinski definition) is 4. The van der Waals surface area contributed by atoms with E-state index >= 15 is 0 Å². The van der Waals surface area contributed by atoms with Crippen LogP contribution in [-0.2, 0) is 0 Å². The Labute approximate surface area is 130 Å². The summed E-state index contributed by atoms with van der Waals surface area (Å²) in [5.74, 6) is 0.331. The molecule has 0 bridgehead atoms. The third kappa shape index (κ3) is 2.48. The van der Waals surface area contributed by atoms with Crippen LogP contribution in [0, 0.1) is 0 Å². The van der Waals surface area contributed by atoms with Crippen molar-refractivity contribution in [3.8, 4) is 21.7 Å². The quantitative estimate of drug-likeness (QED) is 0.645. The van der Waals surface area contributed by atoms with Gasteiger partial charge in [-0.3, -0.25) is 0 Å². The van der Waals surface area contributed by atoms with Crippen LogP contribution in [0.15, 0.2) is 49.2 Å². The largest absolute Gasteiger partial charge is 0.367 e. The van der Waals surface area contributed by atoms with Crippen LogP contribution in [0.2, 0.25) is 0 Å². The van der Waals surface area contributed by atoms with E-state index in [4.69, 9.17) is 10.3 Å². The molecule has 3 nitrogen and oxygen atoms in total. The molecule has 0 unspecified atom stereocenters. The summed E-state index contributed by atoms with van der Waals surface area (Å²) in [5.41, 5.74) is 8.49. The third-order valence-electron chi connectivity index (χ3n) is 2.64. The Kier molecular flexibility index (Phi) is 3.47. The molecule has 1 aromatic carbocycles. The minimum absolute atomic E-state index is 0.331. The zero-order valence-electron chi connectivity index (χ0n) is 9.56. The van der Waals surface area contributed by atoms with Gasteiger partial charge in [0.2, 0.25) is 5.88 Å². The summed E-state index contributed by atoms with van der Waals surface area (Å²) in [4.78, 5) is 1.02. The maximum absolute atomic E-state index is 5.92. The summed E-state index contributed by atoms with van der Waals surface area (Å²) >= 11 is 8.50. The van der Waals surface area contributed by atoms with Crippen molar-refractivity contribution in [3.63, 3.8) is 0 Å². The predicted octanol–water partition coefficient (Wildman–Crippen LogP) is 5.18. The molecule has 3 rings (SSSR count). The second-order valence-electron chi connectivity index (χ2n) is 3.88. The molecule has 2 aromatic heterocycles. The average molecular weight is 400 g/mol. The Hall–Kier alpha value is -1.11. The first-order chi connectivity index (χ1) is 9.15. The monoisotopic (exact) mass is 398 g/mol. The van der Waals surface area contributed by atoms with E-state index in [2.05, 4.69) is 37.0 Å². The highest BCUT2D eigenvalue weighted by Crippen LogP contribution is 2.40. The van der Waals surface area contributed by atoms with Gasteiger partial charge < -0.3 is 10.3 Å². The molecule has 0 aliphatic carbocycles. The van der Waals surface area contributed by atoms with E-state index in [1.807, 2.05) is 36.4 Å². The Balaban J connectivity index is 2.19. The Bertz CT molecular complexity index is 736. The minimum Gasteiger partial charge on any atom is -0.367 e. The van der Waals surface area contributed by atoms with Gasteiger partial charge in [-0.1, -0.05) is 33.2 Å². The van der Waals surface area contributed by atoms with Crippen LogP contribution in [0.1, 0.15) is 0 Å². The van der Waals surface area contributed by atoms with E-state index in [1.165, 1.54) is 0 Å². The van der Waals surface area contributed by atoms with Crippen molar-refractivity contribution in [2.75, 3.05) is 5.73 Å². The fraction of sp³-hybridized carbons (Fsp3) is 0. The van der Waals surface area contributed by atoms with Crippen molar-refractivity contribution in [3.05, 3.63) is 44.7 Å². The molecule has 2 heterocycles. The van der Waals surface area contributed by atoms with E-state index in [0.717, 1.165) is 30.0 Å². The highest BCUT2D eigenvalue weighted by Gasteiger charge is 2.18. The van der Waals surface area contributed by atoms with Gasteiger partial charge in [-0.25, -0.2) is 0 Å². The lowest BCUT2D eigenvalue weighted by atomic mass is 10.1. The normalized spacial score (nSPS) is 10.8. The fourth-order valence-corrected chi connectivity index (χ4v) is 3.61. The molecule has 0 saturated heterocycles. The van der Waals surface area contributed by atoms with Crippen molar-refractivity contribution in [1.82, 2.24) is 5.16 Å². The fourth-order valence-electron chi connectivity index (χ4n) is 1.84. The van der Waals surface area contributed by atoms with Crippen molar-refractivity contribution in [1.29, 1.82) is 0 Å². The number of halogens is 2. The van der Waals surface area contributed by atoms with Gasteiger partial charge in [0, 0.05) is 4.47 Å². The van der Waals surface area contributed by atoms with E-state index in [0.29, 0.717) is 5.88 Å². The number of anilines is 1. The lowest BCUT2D eigenvalue weighted by Crippen LogP contribution is -1.86. The maximum Gasteiger partial charge on any atom is 0.230 e. The first-order valence-corrected chi connectivity index (χ1v) is 7.82. The lowest BCUT2D eigenvalue weighted by Gasteiger charge is -2.01. The van der Waals surface area contributed by atoms with Crippen molar-refractivity contribution < 1.29 is 4.52 Å². The van der Waals surface area contributed by atoms with Crippen LogP contribution in [0.25, 0.3) is 21.7 Å². The summed E-state index contributed by atoms with van der Waals surface area (Å²) in [7, 11) is 0. The summed E-state index contributed by atoms with van der Waals surface area (Å²) < 4.78 is 7.19. The molecular weight excluding hydrogens is 392 g/mol. The molecule has 6 heteroatoms. The van der Waals surface area contributed by atoms with Gasteiger partial charge in [0.15, 0.2) is 0 Å². The van der Waals surface area contributed by atoms with Crippen LogP contribution in [0.5, 0.6) is 0 Å². The molecule has 0 radical (unpaired) electrons. The summed E-state index contributed by atoms with van der Waals surface area (Å²) in [6.07, 6.45) is 0. The van der Waals surface area contributed by atoms with Crippen LogP contribution < -0.4 is 5.73 Å². The first-order valence-electron chi connectivity index (χ1n) is 5.42. The van der Waals surface area contributed by atoms with Crippen molar-refractivity contribution in [2.45, 2.75) is 0 Å². The second kappa shape index (κ2) is 5.11. The number of nitrogen functional groups attached to an aromatic ring is 1. The summed E-state index contributed by atoms with van der Waals surface area (Å²) in [6.45, 7) is 0. The molecule has 2 N–H and O–H groups in total. The standard InChI is InChI=1S/C13H8Br2N2OS/c14-8-3-1-2-7(6-8)11-12(17-18-13(11)16)9-4-5-10(15)19-9/h1-6H,16H2. The molecule has 3 aromatic rings. The molecule has 0 aliphatic rings. The predicted molar refractivity (Wildman–Crippen MR) is 85.1 cm³/mol. The van der Waals surface area contributed by atoms with Crippen LogP contribution >= 0.6 is 43.2 Å². The van der Waals surface area contributed by atoms with Crippen LogP contribution in [-0.4, -0.2) is 5.16 Å². The molecule has 96 valence electrons. The zero-order valence-corrected chi connectivity index (χ0v) is 13.5. The maximum atomic E-state index is 5.92. The van der Waals surface area contributed by atoms with Gasteiger partial charge in [-0.05, 0) is 45.8 Å². The van der Waals surface area contributed by atoms with Crippen LogP contribution in [0.3, 0.4) is 0 Å². The van der Waals surface area contributed by atoms with E-state index < -0.39 is 0 Å². The topological polar surface area (TPSA) is 52.0 Å². The number of thiophene rings is 1. The molecule has 0 amide bonds. The zero-order chi connectivity index (χ0) is 13.4. The molecule has 0 spiro atoms. The van der Waals surface area contributed by atoms with Gasteiger partial charge in [0.25, 0.3) is 0 Å². The average Bonchev–Trinajstić information content (AvgIpc) is 2.95. The SMILES string of the molecule is Nc1onc(-c2ccc(Br)s2)c1-c1cccc(Br)c1. The van der Waals surface area contributed by atoms with Gasteiger partial charge in [-0.15, -0.1) is 11.3 Å². The molecule has 0 fully saturated rings. The summed E-state index contributed by atoms with van der Waals surface area (Å²) in [6, 6.07) is 11.9. The number of benzene rings is 1. The number of hydrogen-bond donors (Lipinski definition) is 1. The van der Waals surface area contributed by atoms with Gasteiger partial charge in [0.1, 0.15) is 5.69 Å². The van der Waals surface area contributed by atoms with Gasteiger partial charge in [0.05, 0.1) is 14.2 Å². The number of rotatable bonds is 2. The Morgan fingerprint density at radius 2 is 2.00 bits per heavy atom. The smallest absolute Gasteiger partial charge is 0.230 e. The number of nitrogens with zero attached hydrogens (tertiary/aromatic N) is 1. The third-order valence-corrected chi connectivity index (χ3v) is 4.76. The molecule has 0 aliphatic heterocycles. The van der Waals surface area contributed by atoms with E-state index in [-0.39, 0.29) is 0 Å². The molecule has 0 saturated carbocycles. The van der Waals surface area contributed by atoms with Crippen molar-refractivity contribution in [2.24, 2.45) is 0 Å². The second-order valence-corrected chi connectivity index (χ2v) is 7.26. The van der Waals surface area contributed by atoms with Crippen molar-refractivity contribution >= 4 is 49.1 Å². The number of aromatic nitrogens is 1. The summed E-state index contributed by atoms with van der Waals surface area (Å²) in [5, 5.41) is 4.08. The number of nitrogens with two attached hydrogens (primary N) is 1. The highest BCUT2D eigenvalue weighted by molar-refractivity contribution is 9.11. The first kappa shape index (κ1) is 12.9. The lowest BCUT2D eigenvalue weighted by molar-refractivity contribution is 0.439. The van der Waals surface area contributed by atoms with E-state index in [9.17, 15) is 0 Å². The van der Waals surface area contributed by atoms with Gasteiger partial charge in [-0.2, -0.15) is 0 Å². The highest BCUT2D eigenvalue weighted by atomic mass is 79.9. The molecule has 19 heavy (non-hydrogen) atoms. The Morgan fingerprint density at radius 3 is 2.68 bits per heavy atom. The minimum atomic E-state index is 0.331. The van der Waals surface area contributed by atoms with Gasteiger partial charge >= 0.3 is 0 Å². The Morgan fingerprint density at radius 1 is 1.16 bits per heavy atom.